The quantitative estimate of drug-likeness (QED) is 0.810. The first-order valence-corrected chi connectivity index (χ1v) is 9.35. The van der Waals surface area contributed by atoms with E-state index < -0.39 is 17.7 Å². The van der Waals surface area contributed by atoms with Crippen molar-refractivity contribution in [2.75, 3.05) is 4.90 Å². The van der Waals surface area contributed by atoms with E-state index in [-0.39, 0.29) is 29.3 Å². The summed E-state index contributed by atoms with van der Waals surface area (Å²) < 4.78 is 42.7. The van der Waals surface area contributed by atoms with Crippen LogP contribution in [0.3, 0.4) is 0 Å². The van der Waals surface area contributed by atoms with Crippen molar-refractivity contribution < 1.29 is 18.0 Å². The predicted molar refractivity (Wildman–Crippen MR) is 103 cm³/mol. The number of nitrogens with two attached hydrogens (primary N) is 1. The van der Waals surface area contributed by atoms with Gasteiger partial charge >= 0.3 is 6.18 Å². The fourth-order valence-electron chi connectivity index (χ4n) is 4.19. The van der Waals surface area contributed by atoms with Crippen molar-refractivity contribution in [2.45, 2.75) is 31.4 Å². The molecule has 0 fully saturated rings. The summed E-state index contributed by atoms with van der Waals surface area (Å²) in [5.74, 6) is -1.04. The number of allylic oxidation sites excluding steroid dienone is 3. The van der Waals surface area contributed by atoms with E-state index in [0.717, 1.165) is 6.07 Å². The number of Topliss-reactive ketones (excluding diaryl/α,β-unsaturated/α-hetero) is 1. The average molecular weight is 413 g/mol. The second kappa shape index (κ2) is 7.06. The van der Waals surface area contributed by atoms with Crippen LogP contribution in [-0.4, -0.2) is 15.6 Å². The Kier molecular flexibility index (Phi) is 4.65. The first-order chi connectivity index (χ1) is 14.2. The maximum absolute atomic E-state index is 13.7. The van der Waals surface area contributed by atoms with E-state index in [1.165, 1.54) is 23.1 Å². The number of alkyl halides is 3. The molecule has 2 N–H and O–H groups in total. The van der Waals surface area contributed by atoms with Gasteiger partial charge in [-0.1, -0.05) is 12.1 Å². The lowest BCUT2D eigenvalue weighted by molar-refractivity contribution is -0.137. The molecule has 0 bridgehead atoms. The highest BCUT2D eigenvalue weighted by Gasteiger charge is 2.43. The molecule has 9 heteroatoms. The monoisotopic (exact) mass is 413 g/mol. The summed E-state index contributed by atoms with van der Waals surface area (Å²) in [5, 5.41) is 14.0. The van der Waals surface area contributed by atoms with Gasteiger partial charge in [0, 0.05) is 36.5 Å². The number of benzene rings is 1. The van der Waals surface area contributed by atoms with E-state index in [4.69, 9.17) is 5.73 Å². The Hall–Kier alpha value is -3.54. The number of nitriles is 1. The van der Waals surface area contributed by atoms with Gasteiger partial charge in [-0.25, -0.2) is 0 Å². The summed E-state index contributed by atoms with van der Waals surface area (Å²) in [6.45, 7) is 0. The SMILES string of the molecule is Cn1cc(C2C(C#N)=C(N)N(c3ccccc3C(F)(F)F)C3=C2C(=O)CCC3)cn1. The molecule has 0 amide bonds. The lowest BCUT2D eigenvalue weighted by atomic mass is 9.76. The highest BCUT2D eigenvalue weighted by atomic mass is 19.4. The third kappa shape index (κ3) is 3.05. The van der Waals surface area contributed by atoms with Crippen LogP contribution < -0.4 is 10.6 Å². The van der Waals surface area contributed by atoms with Crippen molar-refractivity contribution in [2.24, 2.45) is 12.8 Å². The minimum atomic E-state index is -4.62. The Morgan fingerprint density at radius 1 is 1.27 bits per heavy atom. The molecule has 2 aliphatic rings. The first kappa shape index (κ1) is 19.8. The highest BCUT2D eigenvalue weighted by Crippen LogP contribution is 2.48. The average Bonchev–Trinajstić information content (AvgIpc) is 3.12. The molecule has 2 aromatic rings. The van der Waals surface area contributed by atoms with E-state index in [1.54, 1.807) is 24.1 Å². The van der Waals surface area contributed by atoms with Gasteiger partial charge in [0.15, 0.2) is 5.78 Å². The van der Waals surface area contributed by atoms with Crippen molar-refractivity contribution in [3.63, 3.8) is 0 Å². The highest BCUT2D eigenvalue weighted by molar-refractivity contribution is 6.01. The lowest BCUT2D eigenvalue weighted by Crippen LogP contribution is -2.39. The molecule has 0 spiro atoms. The number of carbonyl (C=O) groups is 1. The summed E-state index contributed by atoms with van der Waals surface area (Å²) in [5.41, 5.74) is 6.60. The molecule has 1 aromatic carbocycles. The largest absolute Gasteiger partial charge is 0.418 e. The number of aromatic nitrogens is 2. The molecule has 1 atom stereocenters. The summed E-state index contributed by atoms with van der Waals surface area (Å²) in [4.78, 5) is 14.2. The Morgan fingerprint density at radius 3 is 2.63 bits per heavy atom. The number of rotatable bonds is 2. The number of halogens is 3. The number of hydrogen-bond acceptors (Lipinski definition) is 5. The number of para-hydroxylation sites is 1. The van der Waals surface area contributed by atoms with Gasteiger partial charge in [0.2, 0.25) is 0 Å². The van der Waals surface area contributed by atoms with Crippen molar-refractivity contribution >= 4 is 11.5 Å². The molecule has 6 nitrogen and oxygen atoms in total. The van der Waals surface area contributed by atoms with Crippen molar-refractivity contribution in [1.82, 2.24) is 9.78 Å². The minimum absolute atomic E-state index is 0.0361. The zero-order valence-electron chi connectivity index (χ0n) is 16.1. The second-order valence-corrected chi connectivity index (χ2v) is 7.28. The maximum atomic E-state index is 13.7. The fraction of sp³-hybridized carbons (Fsp3) is 0.286. The zero-order valence-corrected chi connectivity index (χ0v) is 16.1. The van der Waals surface area contributed by atoms with E-state index in [9.17, 15) is 23.2 Å². The molecule has 1 aliphatic carbocycles. The Labute approximate surface area is 170 Å². The number of nitrogens with zero attached hydrogens (tertiary/aromatic N) is 4. The van der Waals surface area contributed by atoms with Crippen LogP contribution in [0.2, 0.25) is 0 Å². The van der Waals surface area contributed by atoms with Crippen LogP contribution in [0.5, 0.6) is 0 Å². The van der Waals surface area contributed by atoms with Gasteiger partial charge in [0.25, 0.3) is 0 Å². The molecular weight excluding hydrogens is 395 g/mol. The van der Waals surface area contributed by atoms with Crippen LogP contribution in [0.4, 0.5) is 18.9 Å². The van der Waals surface area contributed by atoms with Crippen molar-refractivity contribution in [3.05, 3.63) is 70.5 Å². The zero-order chi connectivity index (χ0) is 21.6. The van der Waals surface area contributed by atoms with Crippen LogP contribution in [0.15, 0.2) is 59.3 Å². The molecule has 154 valence electrons. The van der Waals surface area contributed by atoms with Crippen LogP contribution in [0.1, 0.15) is 36.3 Å². The van der Waals surface area contributed by atoms with E-state index in [1.807, 2.05) is 6.07 Å². The van der Waals surface area contributed by atoms with Gasteiger partial charge in [0.1, 0.15) is 5.82 Å². The number of carbonyl (C=O) groups excluding carboxylic acids is 1. The Bertz CT molecular complexity index is 1140. The van der Waals surface area contributed by atoms with Gasteiger partial charge in [-0.3, -0.25) is 14.4 Å². The van der Waals surface area contributed by atoms with Crippen molar-refractivity contribution in [1.29, 1.82) is 5.26 Å². The van der Waals surface area contributed by atoms with Crippen LogP contribution >= 0.6 is 0 Å². The molecule has 4 rings (SSSR count). The molecule has 0 saturated carbocycles. The van der Waals surface area contributed by atoms with E-state index in [2.05, 4.69) is 5.10 Å². The number of aryl methyl sites for hydroxylation is 1. The molecule has 1 unspecified atom stereocenters. The summed E-state index contributed by atoms with van der Waals surface area (Å²) in [6, 6.07) is 7.07. The van der Waals surface area contributed by atoms with Crippen LogP contribution in [-0.2, 0) is 18.0 Å². The van der Waals surface area contributed by atoms with Crippen molar-refractivity contribution in [3.8, 4) is 6.07 Å². The summed E-state index contributed by atoms with van der Waals surface area (Å²) >= 11 is 0. The number of anilines is 1. The molecule has 1 aromatic heterocycles. The van der Waals surface area contributed by atoms with E-state index >= 15 is 0 Å². The smallest absolute Gasteiger partial charge is 0.384 e. The summed E-state index contributed by atoms with van der Waals surface area (Å²) in [6.07, 6.45) is -0.255. The Morgan fingerprint density at radius 2 is 2.00 bits per heavy atom. The first-order valence-electron chi connectivity index (χ1n) is 9.35. The van der Waals surface area contributed by atoms with Crippen LogP contribution in [0, 0.1) is 11.3 Å². The van der Waals surface area contributed by atoms with Gasteiger partial charge in [-0.05, 0) is 25.0 Å². The fourth-order valence-corrected chi connectivity index (χ4v) is 4.19. The number of ketones is 1. The van der Waals surface area contributed by atoms with Gasteiger partial charge in [-0.15, -0.1) is 0 Å². The Balaban J connectivity index is 2.01. The topological polar surface area (TPSA) is 87.9 Å². The molecule has 0 saturated heterocycles. The molecular formula is C21H18F3N5O. The predicted octanol–water partition coefficient (Wildman–Crippen LogP) is 3.74. The lowest BCUT2D eigenvalue weighted by Gasteiger charge is -2.40. The standard InChI is InChI=1S/C21H18F3N5O/c1-28-11-12(10-27-28)18-13(9-25)20(26)29(16-7-4-8-17(30)19(16)18)15-6-3-2-5-14(15)21(22,23)24/h2-3,5-6,10-11,18H,4,7-8,26H2,1H3. The maximum Gasteiger partial charge on any atom is 0.418 e. The minimum Gasteiger partial charge on any atom is -0.384 e. The molecule has 2 heterocycles. The molecule has 1 aliphatic heterocycles. The van der Waals surface area contributed by atoms with Crippen LogP contribution in [0.25, 0.3) is 0 Å². The van der Waals surface area contributed by atoms with Gasteiger partial charge in [0.05, 0.1) is 35.0 Å². The summed E-state index contributed by atoms with van der Waals surface area (Å²) in [7, 11) is 1.70. The van der Waals surface area contributed by atoms with Gasteiger partial charge < -0.3 is 5.73 Å². The number of hydrogen-bond donors (Lipinski definition) is 1. The normalized spacial score (nSPS) is 19.8. The third-order valence-corrected chi connectivity index (χ3v) is 5.42. The second-order valence-electron chi connectivity index (χ2n) is 7.28. The molecule has 30 heavy (non-hydrogen) atoms. The molecule has 0 radical (unpaired) electrons. The van der Waals surface area contributed by atoms with E-state index in [0.29, 0.717) is 29.7 Å². The van der Waals surface area contributed by atoms with Gasteiger partial charge in [-0.2, -0.15) is 23.5 Å². The third-order valence-electron chi connectivity index (χ3n) is 5.42.